The van der Waals surface area contributed by atoms with Gasteiger partial charge in [0.1, 0.15) is 29.9 Å². The van der Waals surface area contributed by atoms with Crippen LogP contribution in [-0.4, -0.2) is 44.0 Å². The van der Waals surface area contributed by atoms with Crippen LogP contribution in [-0.2, 0) is 4.84 Å². The number of aromatic amines is 1. The zero-order valence-electron chi connectivity index (χ0n) is 20.6. The molecule has 3 heterocycles. The molecule has 3 aliphatic rings. The van der Waals surface area contributed by atoms with Crippen molar-refractivity contribution in [2.24, 2.45) is 17.0 Å². The first kappa shape index (κ1) is 24.8. The van der Waals surface area contributed by atoms with Gasteiger partial charge < -0.3 is 9.57 Å². The molecule has 11 heteroatoms. The number of nitrogens with one attached hydrogen (secondary N) is 1. The van der Waals surface area contributed by atoms with Crippen molar-refractivity contribution in [3.8, 4) is 17.3 Å². The summed E-state index contributed by atoms with van der Waals surface area (Å²) < 4.78 is 6.26. The van der Waals surface area contributed by atoms with Crippen molar-refractivity contribution in [1.82, 2.24) is 25.6 Å². The molecule has 1 aliphatic heterocycles. The molecule has 7 rings (SSSR count). The van der Waals surface area contributed by atoms with Crippen molar-refractivity contribution in [2.75, 3.05) is 6.61 Å². The third kappa shape index (κ3) is 4.86. The van der Waals surface area contributed by atoms with Gasteiger partial charge in [0, 0.05) is 16.8 Å². The van der Waals surface area contributed by atoms with Crippen LogP contribution in [0.3, 0.4) is 0 Å². The number of halogens is 3. The molecule has 0 radical (unpaired) electrons. The number of H-pyrrole nitrogens is 1. The summed E-state index contributed by atoms with van der Waals surface area (Å²) in [5.74, 6) is 2.29. The van der Waals surface area contributed by atoms with Gasteiger partial charge in [0.25, 0.3) is 0 Å². The second-order valence-electron chi connectivity index (χ2n) is 10.2. The number of benzene rings is 2. The second-order valence-corrected chi connectivity index (χ2v) is 11.5. The van der Waals surface area contributed by atoms with E-state index in [0.29, 0.717) is 62.3 Å². The highest BCUT2D eigenvalue weighted by Gasteiger charge is 2.46. The van der Waals surface area contributed by atoms with E-state index in [0.717, 1.165) is 30.5 Å². The van der Waals surface area contributed by atoms with Gasteiger partial charge in [0.15, 0.2) is 0 Å². The molecule has 8 nitrogen and oxygen atoms in total. The fourth-order valence-corrected chi connectivity index (χ4v) is 6.32. The summed E-state index contributed by atoms with van der Waals surface area (Å²) in [4.78, 5) is 10.4. The van der Waals surface area contributed by atoms with Crippen LogP contribution < -0.4 is 4.74 Å². The lowest BCUT2D eigenvalue weighted by atomic mass is 9.90. The van der Waals surface area contributed by atoms with Crippen molar-refractivity contribution >= 4 is 40.5 Å². The molecule has 4 unspecified atom stereocenters. The predicted molar refractivity (Wildman–Crippen MR) is 149 cm³/mol. The molecule has 2 aromatic carbocycles. The number of aromatic nitrogens is 5. The van der Waals surface area contributed by atoms with Gasteiger partial charge in [-0.1, -0.05) is 58.2 Å². The monoisotopic (exact) mass is 580 g/mol. The molecule has 0 spiro atoms. The Morgan fingerprint density at radius 1 is 0.974 bits per heavy atom. The molecule has 39 heavy (non-hydrogen) atoms. The van der Waals surface area contributed by atoms with Gasteiger partial charge in [-0.2, -0.15) is 5.21 Å². The van der Waals surface area contributed by atoms with Crippen LogP contribution in [0, 0.1) is 11.8 Å². The van der Waals surface area contributed by atoms with E-state index in [9.17, 15) is 0 Å². The summed E-state index contributed by atoms with van der Waals surface area (Å²) in [6, 6.07) is 15.4. The van der Waals surface area contributed by atoms with Crippen LogP contribution in [0.15, 0.2) is 59.9 Å². The first-order valence-corrected chi connectivity index (χ1v) is 14.0. The van der Waals surface area contributed by atoms with Crippen molar-refractivity contribution in [1.29, 1.82) is 0 Å². The van der Waals surface area contributed by atoms with E-state index >= 15 is 0 Å². The summed E-state index contributed by atoms with van der Waals surface area (Å²) in [6.07, 6.45) is 5.10. The Balaban J connectivity index is 1.04. The van der Waals surface area contributed by atoms with E-state index in [4.69, 9.17) is 44.4 Å². The van der Waals surface area contributed by atoms with Gasteiger partial charge in [-0.05, 0) is 83.7 Å². The predicted octanol–water partition coefficient (Wildman–Crippen LogP) is 6.70. The maximum atomic E-state index is 6.75. The summed E-state index contributed by atoms with van der Waals surface area (Å²) in [5.41, 5.74) is 4.42. The van der Waals surface area contributed by atoms with Gasteiger partial charge in [0.2, 0.25) is 5.82 Å². The second kappa shape index (κ2) is 10.1. The number of rotatable bonds is 8. The average Bonchev–Trinajstić information content (AvgIpc) is 3.84. The Bertz CT molecular complexity index is 1520. The highest BCUT2D eigenvalue weighted by molar-refractivity contribution is 6.40. The van der Waals surface area contributed by atoms with E-state index < -0.39 is 0 Å². The molecule has 1 N–H and O–H groups in total. The minimum Gasteiger partial charge on any atom is -0.493 e. The summed E-state index contributed by atoms with van der Waals surface area (Å²) in [7, 11) is 0. The lowest BCUT2D eigenvalue weighted by Gasteiger charge is -2.20. The first-order chi connectivity index (χ1) is 19.1. The van der Waals surface area contributed by atoms with Crippen molar-refractivity contribution in [3.05, 3.63) is 86.5 Å². The molecule has 198 valence electrons. The summed E-state index contributed by atoms with van der Waals surface area (Å²) in [5, 5.41) is 20.2. The van der Waals surface area contributed by atoms with E-state index in [-0.39, 0.29) is 12.0 Å². The number of nitrogens with zero attached hydrogens (tertiary/aromatic N) is 5. The lowest BCUT2D eigenvalue weighted by molar-refractivity contribution is 0.0340. The van der Waals surface area contributed by atoms with Gasteiger partial charge in [-0.25, -0.2) is 0 Å². The van der Waals surface area contributed by atoms with Crippen LogP contribution in [0.25, 0.3) is 11.5 Å². The molecule has 0 bridgehead atoms. The molecule has 2 fully saturated rings. The van der Waals surface area contributed by atoms with Gasteiger partial charge in [-0.3, -0.25) is 4.98 Å². The molecule has 4 aromatic rings. The summed E-state index contributed by atoms with van der Waals surface area (Å²) >= 11 is 19.8. The number of tetrazole rings is 1. The van der Waals surface area contributed by atoms with E-state index in [1.807, 2.05) is 42.6 Å². The molecule has 2 aromatic heterocycles. The maximum Gasteiger partial charge on any atom is 0.222 e. The van der Waals surface area contributed by atoms with E-state index in [1.54, 1.807) is 0 Å². The Labute approximate surface area is 239 Å². The minimum absolute atomic E-state index is 0.0469. The third-order valence-corrected chi connectivity index (χ3v) is 8.66. The highest BCUT2D eigenvalue weighted by Crippen LogP contribution is 2.56. The zero-order valence-corrected chi connectivity index (χ0v) is 22.9. The number of hydrogen-bond donors (Lipinski definition) is 1. The number of ether oxygens (including phenoxy) is 1. The van der Waals surface area contributed by atoms with Gasteiger partial charge >= 0.3 is 0 Å². The van der Waals surface area contributed by atoms with Crippen molar-refractivity contribution in [3.63, 3.8) is 0 Å². The standard InChI is InChI=1S/C28H23Cl3N6O2/c29-21-2-1-3-22(30)25(21)26-20(27(39-35-26)14-4-5-14)13-38-16-7-8-17(23(31)10-16)19-11-18(19)15-6-9-24(32-12-15)28-33-36-37-34-28/h1-3,6-10,12,14,18-20,27H,4-5,11,13H2,(H,33,34,36,37). The van der Waals surface area contributed by atoms with Crippen LogP contribution in [0.2, 0.25) is 15.1 Å². The number of hydrogen-bond acceptors (Lipinski definition) is 7. The normalized spacial score (nSPS) is 23.8. The molecule has 2 saturated carbocycles. The zero-order chi connectivity index (χ0) is 26.5. The SMILES string of the molecule is Clc1cc(OCC2C(c3c(Cl)cccc3Cl)=NOC2C2CC2)ccc1C1CC1c1ccc(-c2nn[nH]n2)nc1. The Morgan fingerprint density at radius 2 is 1.82 bits per heavy atom. The Hall–Kier alpha value is -3.20. The summed E-state index contributed by atoms with van der Waals surface area (Å²) in [6.45, 7) is 0.391. The smallest absolute Gasteiger partial charge is 0.222 e. The molecule has 0 amide bonds. The quantitative estimate of drug-likeness (QED) is 0.249. The van der Waals surface area contributed by atoms with Crippen molar-refractivity contribution < 1.29 is 9.57 Å². The molecular weight excluding hydrogens is 559 g/mol. The minimum atomic E-state index is -0.0796. The van der Waals surface area contributed by atoms with Gasteiger partial charge in [0.05, 0.1) is 16.0 Å². The molecular formula is C28H23Cl3N6O2. The fourth-order valence-electron chi connectivity index (χ4n) is 5.42. The molecule has 0 saturated heterocycles. The Morgan fingerprint density at radius 3 is 2.51 bits per heavy atom. The molecule has 4 atom stereocenters. The van der Waals surface area contributed by atoms with Crippen molar-refractivity contribution in [2.45, 2.75) is 37.2 Å². The number of oxime groups is 1. The maximum absolute atomic E-state index is 6.75. The van der Waals surface area contributed by atoms with Crippen LogP contribution in [0.4, 0.5) is 0 Å². The lowest BCUT2D eigenvalue weighted by Crippen LogP contribution is -2.31. The van der Waals surface area contributed by atoms with Gasteiger partial charge in [-0.15, -0.1) is 10.2 Å². The molecule has 2 aliphatic carbocycles. The average molecular weight is 582 g/mol. The largest absolute Gasteiger partial charge is 0.493 e. The van der Waals surface area contributed by atoms with Crippen LogP contribution in [0.5, 0.6) is 5.75 Å². The fraction of sp³-hybridized carbons (Fsp3) is 0.321. The highest BCUT2D eigenvalue weighted by atomic mass is 35.5. The Kier molecular flexibility index (Phi) is 6.41. The number of pyridine rings is 1. The van der Waals surface area contributed by atoms with E-state index in [1.165, 1.54) is 5.56 Å². The van der Waals surface area contributed by atoms with Crippen LogP contribution in [0.1, 0.15) is 47.8 Å². The van der Waals surface area contributed by atoms with E-state index in [2.05, 4.69) is 42.9 Å². The first-order valence-electron chi connectivity index (χ1n) is 12.9. The third-order valence-electron chi connectivity index (χ3n) is 7.71. The van der Waals surface area contributed by atoms with Crippen LogP contribution >= 0.6 is 34.8 Å². The topological polar surface area (TPSA) is 98.2 Å².